The van der Waals surface area contributed by atoms with Gasteiger partial charge in [0.2, 0.25) is 0 Å². The van der Waals surface area contributed by atoms with Crippen molar-refractivity contribution in [2.75, 3.05) is 6.61 Å². The van der Waals surface area contributed by atoms with Gasteiger partial charge in [-0.15, -0.1) is 5.10 Å². The summed E-state index contributed by atoms with van der Waals surface area (Å²) in [5.74, 6) is 0.928. The minimum absolute atomic E-state index is 0.0421. The van der Waals surface area contributed by atoms with Gasteiger partial charge in [0.15, 0.2) is 6.61 Å². The van der Waals surface area contributed by atoms with Crippen LogP contribution < -0.4 is 10.1 Å². The Kier molecular flexibility index (Phi) is 5.58. The third kappa shape index (κ3) is 4.66. The molecular formula is C19H21N5O2. The summed E-state index contributed by atoms with van der Waals surface area (Å²) >= 11 is 0. The maximum Gasteiger partial charge on any atom is 0.258 e. The van der Waals surface area contributed by atoms with Crippen molar-refractivity contribution >= 4 is 5.91 Å². The predicted octanol–water partition coefficient (Wildman–Crippen LogP) is 2.48. The normalized spacial score (nSPS) is 10.7. The molecule has 0 atom stereocenters. The zero-order valence-electron chi connectivity index (χ0n) is 14.8. The fourth-order valence-electron chi connectivity index (χ4n) is 2.34. The molecule has 0 radical (unpaired) electrons. The lowest BCUT2D eigenvalue weighted by Gasteiger charge is -2.09. The summed E-state index contributed by atoms with van der Waals surface area (Å²) in [6, 6.07) is 11.4. The number of benzene rings is 1. The van der Waals surface area contributed by atoms with Gasteiger partial charge >= 0.3 is 0 Å². The molecule has 0 saturated heterocycles. The lowest BCUT2D eigenvalue weighted by molar-refractivity contribution is -0.123. The van der Waals surface area contributed by atoms with Crippen LogP contribution >= 0.6 is 0 Å². The molecule has 0 aliphatic carbocycles. The molecule has 26 heavy (non-hydrogen) atoms. The second-order valence-corrected chi connectivity index (χ2v) is 6.15. The van der Waals surface area contributed by atoms with Crippen molar-refractivity contribution in [2.24, 2.45) is 0 Å². The molecule has 0 fully saturated rings. The number of hydrogen-bond acceptors (Lipinski definition) is 5. The lowest BCUT2D eigenvalue weighted by atomic mass is 10.0. The summed E-state index contributed by atoms with van der Waals surface area (Å²) in [7, 11) is 0. The van der Waals surface area contributed by atoms with Gasteiger partial charge in [0.1, 0.15) is 11.4 Å². The molecule has 0 aliphatic rings. The van der Waals surface area contributed by atoms with Crippen LogP contribution in [0.15, 0.2) is 55.0 Å². The first-order valence-corrected chi connectivity index (χ1v) is 8.43. The smallest absolute Gasteiger partial charge is 0.258 e. The number of amides is 1. The van der Waals surface area contributed by atoms with Crippen molar-refractivity contribution in [3.8, 4) is 11.4 Å². The predicted molar refractivity (Wildman–Crippen MR) is 97.0 cm³/mol. The highest BCUT2D eigenvalue weighted by Crippen LogP contribution is 2.18. The van der Waals surface area contributed by atoms with E-state index in [9.17, 15) is 4.79 Å². The molecule has 3 rings (SSSR count). The number of pyridine rings is 1. The summed E-state index contributed by atoms with van der Waals surface area (Å²) in [6.07, 6.45) is 5.13. The zero-order valence-corrected chi connectivity index (χ0v) is 14.8. The van der Waals surface area contributed by atoms with Gasteiger partial charge in [-0.3, -0.25) is 9.78 Å². The van der Waals surface area contributed by atoms with Crippen LogP contribution in [0.3, 0.4) is 0 Å². The molecule has 7 heteroatoms. The van der Waals surface area contributed by atoms with Crippen LogP contribution in [0.25, 0.3) is 5.69 Å². The van der Waals surface area contributed by atoms with Crippen molar-refractivity contribution in [1.82, 2.24) is 25.3 Å². The Bertz CT molecular complexity index is 844. The van der Waals surface area contributed by atoms with Crippen LogP contribution in [0.2, 0.25) is 0 Å². The number of carbonyl (C=O) groups excluding carboxylic acids is 1. The number of aromatic nitrogens is 4. The van der Waals surface area contributed by atoms with E-state index in [-0.39, 0.29) is 12.5 Å². The molecule has 1 aromatic carbocycles. The largest absolute Gasteiger partial charge is 0.484 e. The molecule has 2 heterocycles. The molecular weight excluding hydrogens is 330 g/mol. The van der Waals surface area contributed by atoms with Crippen LogP contribution in [0.5, 0.6) is 5.75 Å². The Morgan fingerprint density at radius 1 is 1.15 bits per heavy atom. The first-order valence-electron chi connectivity index (χ1n) is 8.43. The van der Waals surface area contributed by atoms with Crippen LogP contribution in [0.1, 0.15) is 31.0 Å². The molecule has 1 N–H and O–H groups in total. The van der Waals surface area contributed by atoms with E-state index < -0.39 is 0 Å². The fraction of sp³-hybridized carbons (Fsp3) is 0.263. The van der Waals surface area contributed by atoms with Gasteiger partial charge in [-0.05, 0) is 35.7 Å². The monoisotopic (exact) mass is 351 g/mol. The topological polar surface area (TPSA) is 81.9 Å². The lowest BCUT2D eigenvalue weighted by Crippen LogP contribution is -2.28. The SMILES string of the molecule is CC(C)c1ccc(OCC(=O)NCc2cn(-c3ccncc3)nn2)cc1. The first-order chi connectivity index (χ1) is 12.6. The minimum atomic E-state index is -0.212. The summed E-state index contributed by atoms with van der Waals surface area (Å²) in [6.45, 7) is 4.52. The van der Waals surface area contributed by atoms with E-state index in [1.165, 1.54) is 5.56 Å². The van der Waals surface area contributed by atoms with Crippen LogP contribution in [0.4, 0.5) is 0 Å². The van der Waals surface area contributed by atoms with Gasteiger partial charge in [-0.2, -0.15) is 0 Å². The van der Waals surface area contributed by atoms with Crippen molar-refractivity contribution in [1.29, 1.82) is 0 Å². The van der Waals surface area contributed by atoms with E-state index in [4.69, 9.17) is 4.74 Å². The van der Waals surface area contributed by atoms with E-state index in [2.05, 4.69) is 34.5 Å². The third-order valence-electron chi connectivity index (χ3n) is 3.85. The Morgan fingerprint density at radius 3 is 2.58 bits per heavy atom. The summed E-state index contributed by atoms with van der Waals surface area (Å²) in [5, 5.41) is 10.9. The second-order valence-electron chi connectivity index (χ2n) is 6.15. The number of ether oxygens (including phenoxy) is 1. The molecule has 0 spiro atoms. The molecule has 0 saturated carbocycles. The molecule has 0 bridgehead atoms. The maximum absolute atomic E-state index is 11.9. The molecule has 0 unspecified atom stereocenters. The highest BCUT2D eigenvalue weighted by Gasteiger charge is 2.07. The maximum atomic E-state index is 11.9. The standard InChI is InChI=1S/C19H21N5O2/c1-14(2)15-3-5-18(6-4-15)26-13-19(25)21-11-16-12-24(23-22-16)17-7-9-20-10-8-17/h3-10,12,14H,11,13H2,1-2H3,(H,21,25). The number of rotatable bonds is 7. The summed E-state index contributed by atoms with van der Waals surface area (Å²) in [5.41, 5.74) is 2.76. The van der Waals surface area contributed by atoms with Gasteiger partial charge in [0.05, 0.1) is 18.4 Å². The van der Waals surface area contributed by atoms with Crippen molar-refractivity contribution in [2.45, 2.75) is 26.3 Å². The van der Waals surface area contributed by atoms with Gasteiger partial charge in [0, 0.05) is 12.4 Å². The zero-order chi connectivity index (χ0) is 18.4. The number of nitrogens with one attached hydrogen (secondary N) is 1. The molecule has 1 amide bonds. The van der Waals surface area contributed by atoms with Crippen molar-refractivity contribution in [3.63, 3.8) is 0 Å². The minimum Gasteiger partial charge on any atom is -0.484 e. The van der Waals surface area contributed by atoms with Crippen LogP contribution in [-0.2, 0) is 11.3 Å². The van der Waals surface area contributed by atoms with E-state index >= 15 is 0 Å². The Morgan fingerprint density at radius 2 is 1.88 bits per heavy atom. The van der Waals surface area contributed by atoms with E-state index in [0.717, 1.165) is 5.69 Å². The number of nitrogens with zero attached hydrogens (tertiary/aromatic N) is 4. The summed E-state index contributed by atoms with van der Waals surface area (Å²) < 4.78 is 7.14. The summed E-state index contributed by atoms with van der Waals surface area (Å²) in [4.78, 5) is 15.9. The molecule has 2 aromatic heterocycles. The molecule has 134 valence electrons. The number of carbonyl (C=O) groups is 1. The van der Waals surface area contributed by atoms with E-state index in [1.807, 2.05) is 36.4 Å². The Hall–Kier alpha value is -3.22. The Balaban J connectivity index is 1.46. The van der Waals surface area contributed by atoms with Gasteiger partial charge in [0.25, 0.3) is 5.91 Å². The Labute approximate surface area is 152 Å². The average molecular weight is 351 g/mol. The van der Waals surface area contributed by atoms with Crippen LogP contribution in [-0.4, -0.2) is 32.5 Å². The third-order valence-corrected chi connectivity index (χ3v) is 3.85. The first kappa shape index (κ1) is 17.6. The highest BCUT2D eigenvalue weighted by atomic mass is 16.5. The van der Waals surface area contributed by atoms with Crippen LogP contribution in [0, 0.1) is 0 Å². The molecule has 0 aliphatic heterocycles. The fourth-order valence-corrected chi connectivity index (χ4v) is 2.34. The molecule has 3 aromatic rings. The van der Waals surface area contributed by atoms with E-state index in [0.29, 0.717) is 23.9 Å². The molecule has 7 nitrogen and oxygen atoms in total. The average Bonchev–Trinajstić information content (AvgIpc) is 3.15. The van der Waals surface area contributed by atoms with Gasteiger partial charge in [-0.1, -0.05) is 31.2 Å². The number of hydrogen-bond donors (Lipinski definition) is 1. The second kappa shape index (κ2) is 8.24. The highest BCUT2D eigenvalue weighted by molar-refractivity contribution is 5.77. The van der Waals surface area contributed by atoms with Crippen molar-refractivity contribution < 1.29 is 9.53 Å². The van der Waals surface area contributed by atoms with E-state index in [1.54, 1.807) is 23.3 Å². The van der Waals surface area contributed by atoms with Gasteiger partial charge in [-0.25, -0.2) is 4.68 Å². The van der Waals surface area contributed by atoms with Crippen molar-refractivity contribution in [3.05, 3.63) is 66.2 Å². The van der Waals surface area contributed by atoms with Gasteiger partial charge < -0.3 is 10.1 Å². The quantitative estimate of drug-likeness (QED) is 0.707.